The molecule has 0 radical (unpaired) electrons. The fraction of sp³-hybridized carbons (Fsp3) is 0.750. The average molecular weight is 580 g/mol. The summed E-state index contributed by atoms with van der Waals surface area (Å²) in [7, 11) is 1.77. The zero-order valence-corrected chi connectivity index (χ0v) is 27.5. The second-order valence-electron chi connectivity index (χ2n) is 14.4. The Morgan fingerprint density at radius 1 is 1.14 bits per heavy atom. The van der Waals surface area contributed by atoms with E-state index in [0.29, 0.717) is 29.6 Å². The first-order valence-electron chi connectivity index (χ1n) is 16.8. The highest BCUT2D eigenvalue weighted by molar-refractivity contribution is 6.04. The number of likely N-dealkylation sites (tertiary alicyclic amines) is 1. The van der Waals surface area contributed by atoms with Gasteiger partial charge in [-0.2, -0.15) is 0 Å². The third-order valence-corrected chi connectivity index (χ3v) is 10.2. The van der Waals surface area contributed by atoms with Crippen LogP contribution in [0, 0.1) is 29.6 Å². The Bertz CT molecular complexity index is 1100. The summed E-state index contributed by atoms with van der Waals surface area (Å²) in [5.41, 5.74) is 4.60. The lowest BCUT2D eigenvalue weighted by Crippen LogP contribution is -2.43. The summed E-state index contributed by atoms with van der Waals surface area (Å²) in [5, 5.41) is 10.1. The lowest BCUT2D eigenvalue weighted by atomic mass is 9.63. The molecule has 4 atom stereocenters. The van der Waals surface area contributed by atoms with Crippen molar-refractivity contribution in [3.8, 4) is 0 Å². The molecule has 6 nitrogen and oxygen atoms in total. The summed E-state index contributed by atoms with van der Waals surface area (Å²) in [6, 6.07) is 0.283. The number of aliphatic imine (C=N–C) groups is 2. The van der Waals surface area contributed by atoms with Gasteiger partial charge in [0.1, 0.15) is 12.1 Å². The molecule has 4 rings (SSSR count). The normalized spacial score (nSPS) is 30.7. The van der Waals surface area contributed by atoms with Crippen LogP contribution in [-0.4, -0.2) is 59.8 Å². The van der Waals surface area contributed by atoms with Crippen molar-refractivity contribution in [2.75, 3.05) is 20.2 Å². The van der Waals surface area contributed by atoms with Crippen molar-refractivity contribution >= 4 is 18.0 Å². The molecule has 0 aromatic carbocycles. The number of methoxy groups -OCH3 is 1. The van der Waals surface area contributed by atoms with E-state index in [1.54, 1.807) is 32.9 Å². The summed E-state index contributed by atoms with van der Waals surface area (Å²) in [6.07, 6.45) is 17.8. The van der Waals surface area contributed by atoms with Crippen LogP contribution in [0.1, 0.15) is 112 Å². The maximum Gasteiger partial charge on any atom is 0.225 e. The van der Waals surface area contributed by atoms with Crippen LogP contribution in [0.3, 0.4) is 0 Å². The quantitative estimate of drug-likeness (QED) is 0.304. The molecular weight excluding hydrogens is 522 g/mol. The third kappa shape index (κ3) is 8.24. The van der Waals surface area contributed by atoms with Crippen LogP contribution in [0.4, 0.5) is 0 Å². The number of piperidine rings is 1. The van der Waals surface area contributed by atoms with Crippen molar-refractivity contribution in [2.45, 2.75) is 124 Å². The van der Waals surface area contributed by atoms with E-state index >= 15 is 0 Å². The molecule has 1 saturated heterocycles. The van der Waals surface area contributed by atoms with Gasteiger partial charge >= 0.3 is 0 Å². The second-order valence-corrected chi connectivity index (χ2v) is 14.4. The van der Waals surface area contributed by atoms with E-state index in [2.05, 4.69) is 49.8 Å². The fourth-order valence-electron chi connectivity index (χ4n) is 7.99. The smallest absolute Gasteiger partial charge is 0.225 e. The van der Waals surface area contributed by atoms with Gasteiger partial charge in [-0.25, -0.2) is 4.99 Å². The van der Waals surface area contributed by atoms with Gasteiger partial charge in [0.2, 0.25) is 5.91 Å². The predicted octanol–water partition coefficient (Wildman–Crippen LogP) is 7.68. The molecule has 2 bridgehead atoms. The van der Waals surface area contributed by atoms with E-state index in [9.17, 15) is 9.90 Å². The third-order valence-electron chi connectivity index (χ3n) is 10.2. The number of allylic oxidation sites excluding steroid dienone is 6. The molecule has 6 heteroatoms. The number of hydrogen-bond donors (Lipinski definition) is 1. The molecule has 0 aromatic rings. The standard InChI is InChI=1S/C36H57N3O3/c1-8-10-30(28-11-9-12-29-21-32(38-23-37-29)33(20-28)42-7)35(24(2)3)31-19-27(14-13-25(31)4)26-15-17-39(18-16-26)34(40)22-36(5,6)41/h11,20,23-27,29,31,41H,8-10,12-19,21-22H2,1-7H3/b28-11+,33-20+,35-30+. The minimum Gasteiger partial charge on any atom is -0.495 e. The lowest BCUT2D eigenvalue weighted by molar-refractivity contribution is -0.137. The first kappa shape index (κ1) is 32.7. The summed E-state index contributed by atoms with van der Waals surface area (Å²) in [5.74, 6) is 4.09. The monoisotopic (exact) mass is 579 g/mol. The molecule has 2 aliphatic carbocycles. The van der Waals surface area contributed by atoms with E-state index in [1.165, 1.54) is 30.4 Å². The van der Waals surface area contributed by atoms with Gasteiger partial charge in [-0.15, -0.1) is 0 Å². The van der Waals surface area contributed by atoms with Crippen LogP contribution in [-0.2, 0) is 9.53 Å². The van der Waals surface area contributed by atoms with Crippen LogP contribution < -0.4 is 0 Å². The Morgan fingerprint density at radius 2 is 1.88 bits per heavy atom. The van der Waals surface area contributed by atoms with E-state index in [4.69, 9.17) is 4.74 Å². The summed E-state index contributed by atoms with van der Waals surface area (Å²) in [6.45, 7) is 14.7. The number of ether oxygens (including phenoxy) is 1. The maximum absolute atomic E-state index is 12.7. The van der Waals surface area contributed by atoms with E-state index < -0.39 is 5.60 Å². The van der Waals surface area contributed by atoms with Gasteiger partial charge in [0.05, 0.1) is 30.9 Å². The molecule has 1 saturated carbocycles. The summed E-state index contributed by atoms with van der Waals surface area (Å²) < 4.78 is 5.95. The van der Waals surface area contributed by atoms with Gasteiger partial charge in [0.15, 0.2) is 0 Å². The number of aliphatic hydroxyl groups is 1. The molecule has 42 heavy (non-hydrogen) atoms. The van der Waals surface area contributed by atoms with Crippen LogP contribution >= 0.6 is 0 Å². The van der Waals surface area contributed by atoms with Crippen molar-refractivity contribution in [1.82, 2.24) is 4.90 Å². The van der Waals surface area contributed by atoms with Crippen LogP contribution in [0.15, 0.2) is 44.6 Å². The number of carbonyl (C=O) groups excluding carboxylic acids is 1. The first-order valence-corrected chi connectivity index (χ1v) is 16.8. The molecule has 2 fully saturated rings. The Labute approximate surface area is 255 Å². The molecule has 0 aromatic heterocycles. The maximum atomic E-state index is 12.7. The van der Waals surface area contributed by atoms with Crippen LogP contribution in [0.5, 0.6) is 0 Å². The van der Waals surface area contributed by atoms with Gasteiger partial charge in [-0.3, -0.25) is 9.79 Å². The Kier molecular flexibility index (Phi) is 11.3. The highest BCUT2D eigenvalue weighted by Crippen LogP contribution is 2.47. The minimum atomic E-state index is -0.944. The topological polar surface area (TPSA) is 74.5 Å². The highest BCUT2D eigenvalue weighted by Gasteiger charge is 2.38. The van der Waals surface area contributed by atoms with Crippen molar-refractivity contribution in [2.24, 2.45) is 39.6 Å². The van der Waals surface area contributed by atoms with Crippen molar-refractivity contribution < 1.29 is 14.6 Å². The first-order chi connectivity index (χ1) is 20.0. The van der Waals surface area contributed by atoms with Gasteiger partial charge in [-0.1, -0.05) is 45.8 Å². The Hall–Kier alpha value is -2.21. The van der Waals surface area contributed by atoms with Crippen molar-refractivity contribution in [3.63, 3.8) is 0 Å². The van der Waals surface area contributed by atoms with Gasteiger partial charge < -0.3 is 14.7 Å². The lowest BCUT2D eigenvalue weighted by Gasteiger charge is -2.44. The predicted molar refractivity (Wildman–Crippen MR) is 174 cm³/mol. The van der Waals surface area contributed by atoms with E-state index in [1.807, 2.05) is 4.90 Å². The zero-order chi connectivity index (χ0) is 30.4. The summed E-state index contributed by atoms with van der Waals surface area (Å²) in [4.78, 5) is 24.0. The van der Waals surface area contributed by atoms with Gasteiger partial charge in [0.25, 0.3) is 0 Å². The SMILES string of the molecule is CCCC(/C1=C/CCC2CC(=NC=N2)/C(OC)=C\1)=C(/C(C)C)C1CC(C2CCN(C(=O)CC(C)(C)O)CC2)CCC1C. The van der Waals surface area contributed by atoms with Crippen LogP contribution in [0.25, 0.3) is 0 Å². The number of rotatable bonds is 9. The molecule has 4 aliphatic rings. The largest absolute Gasteiger partial charge is 0.495 e. The molecule has 4 unspecified atom stereocenters. The van der Waals surface area contributed by atoms with Gasteiger partial charge in [-0.05, 0) is 112 Å². The highest BCUT2D eigenvalue weighted by atomic mass is 16.5. The molecule has 1 N–H and O–H groups in total. The molecular formula is C36H57N3O3. The average Bonchev–Trinajstić information content (AvgIpc) is 3.00. The second kappa shape index (κ2) is 14.5. The number of amides is 1. The Morgan fingerprint density at radius 3 is 2.52 bits per heavy atom. The van der Waals surface area contributed by atoms with E-state index in [-0.39, 0.29) is 18.4 Å². The van der Waals surface area contributed by atoms with Gasteiger partial charge in [0, 0.05) is 19.5 Å². The van der Waals surface area contributed by atoms with E-state index in [0.717, 1.165) is 69.5 Å². The number of fused-ring (bicyclic) bond motifs is 2. The molecule has 234 valence electrons. The van der Waals surface area contributed by atoms with Crippen LogP contribution in [0.2, 0.25) is 0 Å². The van der Waals surface area contributed by atoms with Crippen molar-refractivity contribution in [3.05, 3.63) is 34.6 Å². The zero-order valence-electron chi connectivity index (χ0n) is 27.5. The fourth-order valence-corrected chi connectivity index (χ4v) is 7.99. The molecule has 1 amide bonds. The molecule has 2 heterocycles. The molecule has 0 spiro atoms. The number of carbonyl (C=O) groups is 1. The summed E-state index contributed by atoms with van der Waals surface area (Å²) >= 11 is 0. The minimum absolute atomic E-state index is 0.0959. The Balaban J connectivity index is 1.59. The molecule has 2 aliphatic heterocycles. The number of nitrogens with zero attached hydrogens (tertiary/aromatic N) is 3. The van der Waals surface area contributed by atoms with Crippen molar-refractivity contribution in [1.29, 1.82) is 0 Å². The number of hydrogen-bond acceptors (Lipinski definition) is 5.